The van der Waals surface area contributed by atoms with Crippen LogP contribution in [-0.4, -0.2) is 28.3 Å². The van der Waals surface area contributed by atoms with E-state index in [1.165, 1.54) is 11.9 Å². The van der Waals surface area contributed by atoms with Crippen LogP contribution in [0.1, 0.15) is 29.9 Å². The number of hydrogen-bond acceptors (Lipinski definition) is 4. The van der Waals surface area contributed by atoms with Gasteiger partial charge in [0, 0.05) is 11.4 Å². The maximum Gasteiger partial charge on any atom is 0.141 e. The second-order valence-electron chi connectivity index (χ2n) is 4.84. The smallest absolute Gasteiger partial charge is 0.141 e. The van der Waals surface area contributed by atoms with Crippen molar-refractivity contribution in [3.05, 3.63) is 40.4 Å². The number of likely N-dealkylation sites (N-methyl/N-ethyl adjacent to an activating group) is 1. The Labute approximate surface area is 122 Å². The van der Waals surface area contributed by atoms with Crippen molar-refractivity contribution in [3.8, 4) is 5.75 Å². The lowest BCUT2D eigenvalue weighted by molar-refractivity contribution is 0.351. The van der Waals surface area contributed by atoms with E-state index in [0.29, 0.717) is 0 Å². The highest BCUT2D eigenvalue weighted by atomic mass is 35.5. The van der Waals surface area contributed by atoms with Crippen LogP contribution in [0.3, 0.4) is 0 Å². The molecular weight excluding hydrogens is 276 g/mol. The summed E-state index contributed by atoms with van der Waals surface area (Å²) in [4.78, 5) is 4.24. The molecule has 0 aliphatic carbocycles. The van der Waals surface area contributed by atoms with Crippen LogP contribution in [0, 0.1) is 0 Å². The largest absolute Gasteiger partial charge is 0.493 e. The van der Waals surface area contributed by atoms with E-state index >= 15 is 0 Å². The van der Waals surface area contributed by atoms with Gasteiger partial charge in [0.2, 0.25) is 0 Å². The molecule has 0 radical (unpaired) electrons. The zero-order valence-electron chi connectivity index (χ0n) is 11.3. The third-order valence-electron chi connectivity index (χ3n) is 3.46. The van der Waals surface area contributed by atoms with Gasteiger partial charge < -0.3 is 10.1 Å². The van der Waals surface area contributed by atoms with Gasteiger partial charge in [0.1, 0.15) is 17.9 Å². The van der Waals surface area contributed by atoms with Crippen LogP contribution < -0.4 is 10.1 Å². The number of ether oxygens (including phenoxy) is 1. The monoisotopic (exact) mass is 292 g/mol. The first-order valence-electron chi connectivity index (χ1n) is 6.80. The van der Waals surface area contributed by atoms with Gasteiger partial charge in [-0.3, -0.25) is 5.10 Å². The topological polar surface area (TPSA) is 62.8 Å². The maximum atomic E-state index is 6.20. The molecule has 1 aliphatic heterocycles. The van der Waals surface area contributed by atoms with Gasteiger partial charge in [-0.05, 0) is 36.2 Å². The SMILES string of the molecule is CCNC(Cc1cc(Cl)cc2c1OCC2)c1ncn[nH]1. The van der Waals surface area contributed by atoms with Crippen LogP contribution in [0.4, 0.5) is 0 Å². The van der Waals surface area contributed by atoms with E-state index in [4.69, 9.17) is 16.3 Å². The lowest BCUT2D eigenvalue weighted by atomic mass is 10.0. The Morgan fingerprint density at radius 1 is 1.50 bits per heavy atom. The van der Waals surface area contributed by atoms with Gasteiger partial charge in [-0.15, -0.1) is 0 Å². The third kappa shape index (κ3) is 2.64. The van der Waals surface area contributed by atoms with Crippen LogP contribution >= 0.6 is 11.6 Å². The summed E-state index contributed by atoms with van der Waals surface area (Å²) in [5.74, 6) is 1.82. The van der Waals surface area contributed by atoms with E-state index in [1.807, 2.05) is 12.1 Å². The van der Waals surface area contributed by atoms with Crippen molar-refractivity contribution in [3.63, 3.8) is 0 Å². The van der Waals surface area contributed by atoms with Gasteiger partial charge in [0.15, 0.2) is 0 Å². The van der Waals surface area contributed by atoms with E-state index in [2.05, 4.69) is 27.4 Å². The predicted octanol–water partition coefficient (Wildman–Crippen LogP) is 2.29. The minimum atomic E-state index is 0.0780. The highest BCUT2D eigenvalue weighted by Crippen LogP contribution is 2.34. The molecule has 106 valence electrons. The Bertz CT molecular complexity index is 585. The summed E-state index contributed by atoms with van der Waals surface area (Å²) in [5.41, 5.74) is 2.31. The summed E-state index contributed by atoms with van der Waals surface area (Å²) < 4.78 is 5.75. The molecule has 0 amide bonds. The lowest BCUT2D eigenvalue weighted by Gasteiger charge is -2.17. The first kappa shape index (κ1) is 13.4. The summed E-state index contributed by atoms with van der Waals surface area (Å²) in [6.07, 6.45) is 3.22. The summed E-state index contributed by atoms with van der Waals surface area (Å²) in [7, 11) is 0. The van der Waals surface area contributed by atoms with Crippen LogP contribution in [0.2, 0.25) is 5.02 Å². The highest BCUT2D eigenvalue weighted by molar-refractivity contribution is 6.30. The molecule has 2 N–H and O–H groups in total. The second kappa shape index (κ2) is 5.81. The Morgan fingerprint density at radius 2 is 2.40 bits per heavy atom. The van der Waals surface area contributed by atoms with Gasteiger partial charge in [-0.2, -0.15) is 5.10 Å². The molecule has 0 bridgehead atoms. The van der Waals surface area contributed by atoms with Crippen molar-refractivity contribution < 1.29 is 4.74 Å². The average Bonchev–Trinajstić information content (AvgIpc) is 3.08. The quantitative estimate of drug-likeness (QED) is 0.887. The van der Waals surface area contributed by atoms with E-state index in [9.17, 15) is 0 Å². The van der Waals surface area contributed by atoms with Gasteiger partial charge in [0.05, 0.1) is 12.6 Å². The Hall–Kier alpha value is -1.59. The molecule has 1 aliphatic rings. The first-order valence-corrected chi connectivity index (χ1v) is 7.18. The highest BCUT2D eigenvalue weighted by Gasteiger charge is 2.22. The molecule has 1 atom stereocenters. The van der Waals surface area contributed by atoms with Crippen molar-refractivity contribution in [1.29, 1.82) is 0 Å². The van der Waals surface area contributed by atoms with Crippen LogP contribution in [0.15, 0.2) is 18.5 Å². The van der Waals surface area contributed by atoms with Gasteiger partial charge in [-0.1, -0.05) is 18.5 Å². The molecule has 20 heavy (non-hydrogen) atoms. The number of aromatic amines is 1. The number of fused-ring (bicyclic) bond motifs is 1. The molecule has 5 nitrogen and oxygen atoms in total. The zero-order valence-corrected chi connectivity index (χ0v) is 12.1. The number of benzene rings is 1. The minimum Gasteiger partial charge on any atom is -0.493 e. The van der Waals surface area contributed by atoms with Crippen molar-refractivity contribution in [1.82, 2.24) is 20.5 Å². The number of hydrogen-bond donors (Lipinski definition) is 2. The number of nitrogens with zero attached hydrogens (tertiary/aromatic N) is 2. The van der Waals surface area contributed by atoms with Gasteiger partial charge in [0.25, 0.3) is 0 Å². The molecule has 3 rings (SSSR count). The number of H-pyrrole nitrogens is 1. The average molecular weight is 293 g/mol. The van der Waals surface area contributed by atoms with Crippen LogP contribution in [0.25, 0.3) is 0 Å². The normalized spacial score (nSPS) is 14.9. The third-order valence-corrected chi connectivity index (χ3v) is 3.68. The summed E-state index contributed by atoms with van der Waals surface area (Å²) in [6.45, 7) is 3.66. The fraction of sp³-hybridized carbons (Fsp3) is 0.429. The Kier molecular flexibility index (Phi) is 3.89. The molecule has 2 heterocycles. The molecule has 2 aromatic rings. The minimum absolute atomic E-state index is 0.0780. The molecule has 0 saturated heterocycles. The standard InChI is InChI=1S/C14H17ClN4O/c1-2-16-12(14-17-8-18-19-14)7-10-6-11(15)5-9-3-4-20-13(9)10/h5-6,8,12,16H,2-4,7H2,1H3,(H,17,18,19). The van der Waals surface area contributed by atoms with E-state index < -0.39 is 0 Å². The van der Waals surface area contributed by atoms with Crippen LogP contribution in [-0.2, 0) is 12.8 Å². The van der Waals surface area contributed by atoms with E-state index in [-0.39, 0.29) is 6.04 Å². The molecule has 0 saturated carbocycles. The first-order chi connectivity index (χ1) is 9.78. The van der Waals surface area contributed by atoms with Crippen molar-refractivity contribution >= 4 is 11.6 Å². The molecule has 0 fully saturated rings. The molecule has 1 aromatic heterocycles. The van der Waals surface area contributed by atoms with Gasteiger partial charge >= 0.3 is 0 Å². The van der Waals surface area contributed by atoms with E-state index in [0.717, 1.165) is 48.2 Å². The van der Waals surface area contributed by atoms with Crippen molar-refractivity contribution in [2.24, 2.45) is 0 Å². The Balaban J connectivity index is 1.89. The van der Waals surface area contributed by atoms with Crippen LogP contribution in [0.5, 0.6) is 5.75 Å². The number of nitrogens with one attached hydrogen (secondary N) is 2. The second-order valence-corrected chi connectivity index (χ2v) is 5.27. The molecule has 1 unspecified atom stereocenters. The number of aromatic nitrogens is 3. The fourth-order valence-electron chi connectivity index (χ4n) is 2.61. The zero-order chi connectivity index (χ0) is 13.9. The van der Waals surface area contributed by atoms with Crippen molar-refractivity contribution in [2.75, 3.05) is 13.2 Å². The number of halogens is 1. The predicted molar refractivity (Wildman–Crippen MR) is 77.2 cm³/mol. The molecular formula is C14H17ClN4O. The van der Waals surface area contributed by atoms with Gasteiger partial charge in [-0.25, -0.2) is 4.98 Å². The lowest BCUT2D eigenvalue weighted by Crippen LogP contribution is -2.24. The molecule has 6 heteroatoms. The van der Waals surface area contributed by atoms with Crippen molar-refractivity contribution in [2.45, 2.75) is 25.8 Å². The fourth-order valence-corrected chi connectivity index (χ4v) is 2.88. The summed E-state index contributed by atoms with van der Waals surface area (Å²) in [5, 5.41) is 11.0. The molecule has 1 aromatic carbocycles. The van der Waals surface area contributed by atoms with E-state index in [1.54, 1.807) is 0 Å². The molecule has 0 spiro atoms. The summed E-state index contributed by atoms with van der Waals surface area (Å²) >= 11 is 6.20. The number of rotatable bonds is 5. The Morgan fingerprint density at radius 3 is 3.15 bits per heavy atom. The summed E-state index contributed by atoms with van der Waals surface area (Å²) in [6, 6.07) is 4.05. The maximum absolute atomic E-state index is 6.20.